The van der Waals surface area contributed by atoms with Crippen LogP contribution < -0.4 is 5.32 Å². The maximum Gasteiger partial charge on any atom is 0.396 e. The van der Waals surface area contributed by atoms with Gasteiger partial charge in [-0.1, -0.05) is 13.3 Å². The molecule has 0 fully saturated rings. The highest BCUT2D eigenvalue weighted by Gasteiger charge is 2.30. The van der Waals surface area contributed by atoms with Crippen LogP contribution in [0.2, 0.25) is 0 Å². The van der Waals surface area contributed by atoms with Crippen LogP contribution in [0.25, 0.3) is 0 Å². The van der Waals surface area contributed by atoms with Gasteiger partial charge in [-0.15, -0.1) is 0 Å². The molecule has 1 rings (SSSR count). The van der Waals surface area contributed by atoms with Gasteiger partial charge in [0.05, 0.1) is 9.26 Å². The van der Waals surface area contributed by atoms with E-state index in [1.807, 2.05) is 29.5 Å². The van der Waals surface area contributed by atoms with Crippen LogP contribution in [0.5, 0.6) is 0 Å². The normalized spacial score (nSPS) is 11.6. The molecule has 0 unspecified atom stereocenters. The average molecular weight is 359 g/mol. The quantitative estimate of drug-likeness (QED) is 0.840. The summed E-state index contributed by atoms with van der Waals surface area (Å²) in [6.45, 7) is 1.96. The standard InChI is InChI=1S/C10H13F3IN3/c1-3-4-6-8(14)9(15-2)17-7(16-6)5-10(11,12)13/h3-5H2,1-2H3,(H,15,16,17). The minimum absolute atomic E-state index is 0.175. The molecule has 0 aromatic carbocycles. The molecule has 3 nitrogen and oxygen atoms in total. The molecule has 0 aliphatic heterocycles. The number of halogens is 4. The van der Waals surface area contributed by atoms with Gasteiger partial charge in [0.15, 0.2) is 0 Å². The molecule has 17 heavy (non-hydrogen) atoms. The highest BCUT2D eigenvalue weighted by Crippen LogP contribution is 2.24. The van der Waals surface area contributed by atoms with Gasteiger partial charge in [0.1, 0.15) is 18.1 Å². The molecule has 0 atom stereocenters. The molecule has 1 aromatic heterocycles. The predicted molar refractivity (Wildman–Crippen MR) is 68.0 cm³/mol. The fourth-order valence-electron chi connectivity index (χ4n) is 1.37. The van der Waals surface area contributed by atoms with Gasteiger partial charge in [-0.25, -0.2) is 9.97 Å². The summed E-state index contributed by atoms with van der Waals surface area (Å²) in [5.74, 6) is 0.286. The molecule has 1 N–H and O–H groups in total. The largest absolute Gasteiger partial charge is 0.396 e. The SMILES string of the molecule is CCCc1nc(CC(F)(F)F)nc(NC)c1I. The first kappa shape index (κ1) is 14.5. The van der Waals surface area contributed by atoms with Crippen molar-refractivity contribution >= 4 is 28.4 Å². The third-order valence-corrected chi connectivity index (χ3v) is 3.18. The predicted octanol–water partition coefficient (Wildman–Crippen LogP) is 3.18. The van der Waals surface area contributed by atoms with E-state index in [2.05, 4.69) is 15.3 Å². The molecule has 0 bridgehead atoms. The molecule has 1 heterocycles. The maximum atomic E-state index is 12.3. The molecule has 0 aliphatic carbocycles. The third kappa shape index (κ3) is 4.29. The number of rotatable bonds is 4. The van der Waals surface area contributed by atoms with Crippen LogP contribution in [0.1, 0.15) is 24.9 Å². The first-order chi connectivity index (χ1) is 7.87. The molecule has 0 aliphatic rings. The van der Waals surface area contributed by atoms with Crippen molar-refractivity contribution in [3.63, 3.8) is 0 Å². The first-order valence-electron chi connectivity index (χ1n) is 5.17. The van der Waals surface area contributed by atoms with E-state index >= 15 is 0 Å². The van der Waals surface area contributed by atoms with E-state index in [1.54, 1.807) is 7.05 Å². The maximum absolute atomic E-state index is 12.3. The van der Waals surface area contributed by atoms with Gasteiger partial charge in [-0.05, 0) is 29.0 Å². The highest BCUT2D eigenvalue weighted by molar-refractivity contribution is 14.1. The Morgan fingerprint density at radius 3 is 2.41 bits per heavy atom. The Morgan fingerprint density at radius 2 is 1.94 bits per heavy atom. The van der Waals surface area contributed by atoms with Crippen molar-refractivity contribution in [3.8, 4) is 0 Å². The molecule has 1 aromatic rings. The topological polar surface area (TPSA) is 37.8 Å². The fraction of sp³-hybridized carbons (Fsp3) is 0.600. The van der Waals surface area contributed by atoms with Gasteiger partial charge in [-0.3, -0.25) is 0 Å². The van der Waals surface area contributed by atoms with Crippen molar-refractivity contribution in [2.24, 2.45) is 0 Å². The summed E-state index contributed by atoms with van der Waals surface area (Å²) >= 11 is 2.05. The van der Waals surface area contributed by atoms with Gasteiger partial charge in [0, 0.05) is 7.05 Å². The first-order valence-corrected chi connectivity index (χ1v) is 6.25. The van der Waals surface area contributed by atoms with Crippen LogP contribution >= 0.6 is 22.6 Å². The monoisotopic (exact) mass is 359 g/mol. The Hall–Kier alpha value is -0.600. The Bertz CT molecular complexity index is 393. The second-order valence-electron chi connectivity index (χ2n) is 3.54. The summed E-state index contributed by atoms with van der Waals surface area (Å²) in [4.78, 5) is 7.85. The molecule has 0 saturated heterocycles. The zero-order valence-electron chi connectivity index (χ0n) is 9.53. The van der Waals surface area contributed by atoms with E-state index in [0.717, 1.165) is 9.99 Å². The van der Waals surface area contributed by atoms with Crippen LogP contribution in [0.3, 0.4) is 0 Å². The van der Waals surface area contributed by atoms with E-state index in [9.17, 15) is 13.2 Å². The summed E-state index contributed by atoms with van der Waals surface area (Å²) in [6.07, 6.45) is -3.88. The fourth-order valence-corrected chi connectivity index (χ4v) is 2.15. The van der Waals surface area contributed by atoms with Crippen LogP contribution in [-0.2, 0) is 12.8 Å². The molecular formula is C10H13F3IN3. The molecule has 0 spiro atoms. The molecule has 0 radical (unpaired) electrons. The molecule has 7 heteroatoms. The van der Waals surface area contributed by atoms with Crippen LogP contribution in [0.15, 0.2) is 0 Å². The van der Waals surface area contributed by atoms with Gasteiger partial charge in [0.25, 0.3) is 0 Å². The summed E-state index contributed by atoms with van der Waals surface area (Å²) in [5, 5.41) is 2.79. The lowest BCUT2D eigenvalue weighted by Gasteiger charge is -2.11. The van der Waals surface area contributed by atoms with E-state index < -0.39 is 12.6 Å². The van der Waals surface area contributed by atoms with Crippen molar-refractivity contribution in [2.75, 3.05) is 12.4 Å². The Morgan fingerprint density at radius 1 is 1.29 bits per heavy atom. The van der Waals surface area contributed by atoms with Gasteiger partial charge in [-0.2, -0.15) is 13.2 Å². The van der Waals surface area contributed by atoms with E-state index in [0.29, 0.717) is 17.9 Å². The lowest BCUT2D eigenvalue weighted by atomic mass is 10.2. The van der Waals surface area contributed by atoms with Crippen LogP contribution in [0, 0.1) is 3.57 Å². The third-order valence-electron chi connectivity index (χ3n) is 2.05. The van der Waals surface area contributed by atoms with Crippen molar-refractivity contribution in [3.05, 3.63) is 15.1 Å². The summed E-state index contributed by atoms with van der Waals surface area (Å²) in [5.41, 5.74) is 0.673. The lowest BCUT2D eigenvalue weighted by Crippen LogP contribution is -2.16. The molecule has 96 valence electrons. The lowest BCUT2D eigenvalue weighted by molar-refractivity contribution is -0.128. The van der Waals surface area contributed by atoms with E-state index in [-0.39, 0.29) is 5.82 Å². The van der Waals surface area contributed by atoms with Gasteiger partial charge >= 0.3 is 6.18 Å². The van der Waals surface area contributed by atoms with Crippen molar-refractivity contribution in [1.82, 2.24) is 9.97 Å². The smallest absolute Gasteiger partial charge is 0.372 e. The minimum atomic E-state index is -4.28. The van der Waals surface area contributed by atoms with Crippen molar-refractivity contribution < 1.29 is 13.2 Å². The number of hydrogen-bond acceptors (Lipinski definition) is 3. The molecular weight excluding hydrogens is 346 g/mol. The van der Waals surface area contributed by atoms with Gasteiger partial charge < -0.3 is 5.32 Å². The molecule has 0 saturated carbocycles. The number of alkyl halides is 3. The number of aryl methyl sites for hydroxylation is 1. The van der Waals surface area contributed by atoms with Crippen LogP contribution in [0.4, 0.5) is 19.0 Å². The number of nitrogens with zero attached hydrogens (tertiary/aromatic N) is 2. The highest BCUT2D eigenvalue weighted by atomic mass is 127. The van der Waals surface area contributed by atoms with E-state index in [4.69, 9.17) is 0 Å². The number of aromatic nitrogens is 2. The number of hydrogen-bond donors (Lipinski definition) is 1. The average Bonchev–Trinajstić information content (AvgIpc) is 2.20. The zero-order valence-corrected chi connectivity index (χ0v) is 11.7. The number of anilines is 1. The minimum Gasteiger partial charge on any atom is -0.372 e. The molecule has 0 amide bonds. The zero-order chi connectivity index (χ0) is 13.1. The Labute approximate surface area is 111 Å². The van der Waals surface area contributed by atoms with E-state index in [1.165, 1.54) is 0 Å². The summed E-state index contributed by atoms with van der Waals surface area (Å²) in [7, 11) is 1.64. The van der Waals surface area contributed by atoms with Crippen LogP contribution in [-0.4, -0.2) is 23.2 Å². The second kappa shape index (κ2) is 5.83. The Kier molecular flexibility index (Phi) is 4.96. The Balaban J connectivity index is 3.11. The second-order valence-corrected chi connectivity index (χ2v) is 4.62. The summed E-state index contributed by atoms with van der Waals surface area (Å²) < 4.78 is 37.7. The summed E-state index contributed by atoms with van der Waals surface area (Å²) in [6, 6.07) is 0. The van der Waals surface area contributed by atoms with Crippen molar-refractivity contribution in [1.29, 1.82) is 0 Å². The van der Waals surface area contributed by atoms with Gasteiger partial charge in [0.2, 0.25) is 0 Å². The van der Waals surface area contributed by atoms with Crippen molar-refractivity contribution in [2.45, 2.75) is 32.4 Å². The number of nitrogens with one attached hydrogen (secondary N) is 1.